The molecule has 8 saturated carbocycles. The number of likely N-dealkylation sites (N-methyl/N-ethyl adjacent to an activating group) is 1. The van der Waals surface area contributed by atoms with Crippen LogP contribution in [0, 0.1) is 35.5 Å². The highest BCUT2D eigenvalue weighted by Crippen LogP contribution is 2.58. The van der Waals surface area contributed by atoms with Gasteiger partial charge in [0, 0.05) is 53.4 Å². The van der Waals surface area contributed by atoms with Crippen LogP contribution in [0.1, 0.15) is 122 Å². The molecule has 0 spiro atoms. The Balaban J connectivity index is 0.681. The number of nitrogens with zero attached hydrogens (tertiary/aromatic N) is 2. The van der Waals surface area contributed by atoms with Gasteiger partial charge in [0.15, 0.2) is 0 Å². The molecule has 13 rings (SSSR count). The van der Waals surface area contributed by atoms with Crippen LogP contribution in [-0.4, -0.2) is 175 Å². The molecule has 502 valence electrons. The van der Waals surface area contributed by atoms with Crippen molar-refractivity contribution in [2.45, 2.75) is 145 Å². The third-order valence-electron chi connectivity index (χ3n) is 20.3. The van der Waals surface area contributed by atoms with Gasteiger partial charge in [-0.05, 0) is 175 Å². The highest BCUT2D eigenvalue weighted by molar-refractivity contribution is 7.89. The van der Waals surface area contributed by atoms with E-state index in [-0.39, 0.29) is 60.7 Å². The molecular weight excluding hydrogens is 1200 g/mol. The molecule has 2 aromatic rings. The Morgan fingerprint density at radius 1 is 0.560 bits per heavy atom. The number of nitrogens with one attached hydrogen (secondary N) is 1. The molecule has 0 amide bonds. The van der Waals surface area contributed by atoms with Crippen molar-refractivity contribution in [1.29, 1.82) is 0 Å². The number of rotatable bonds is 39. The van der Waals surface area contributed by atoms with Gasteiger partial charge in [0.25, 0.3) is 10.1 Å². The van der Waals surface area contributed by atoms with Crippen molar-refractivity contribution in [2.75, 3.05) is 132 Å². The molecule has 0 radical (unpaired) electrons. The number of hydrogen-bond acceptors (Lipinski definition) is 16. The third kappa shape index (κ3) is 17.6. The van der Waals surface area contributed by atoms with Gasteiger partial charge in [-0.15, -0.1) is 0 Å². The van der Waals surface area contributed by atoms with E-state index in [1.807, 2.05) is 24.3 Å². The highest BCUT2D eigenvalue weighted by Gasteiger charge is 2.53. The molecule has 91 heavy (non-hydrogen) atoms. The maximum Gasteiger partial charge on any atom is 0.295 e. The van der Waals surface area contributed by atoms with Crippen molar-refractivity contribution >= 4 is 26.2 Å². The van der Waals surface area contributed by atoms with Crippen LogP contribution in [0.2, 0.25) is 0 Å². The largest absolute Gasteiger partial charge is 0.491 e. The van der Waals surface area contributed by atoms with E-state index < -0.39 is 25.0 Å². The van der Waals surface area contributed by atoms with Crippen LogP contribution < -0.4 is 24.1 Å². The van der Waals surface area contributed by atoms with E-state index in [2.05, 4.69) is 48.0 Å². The minimum atomic E-state index is -5.01. The fourth-order valence-corrected chi connectivity index (χ4v) is 18.8. The topological polar surface area (TPSA) is 212 Å². The van der Waals surface area contributed by atoms with Crippen LogP contribution >= 0.6 is 0 Å². The van der Waals surface area contributed by atoms with Crippen LogP contribution in [0.5, 0.6) is 11.5 Å². The van der Waals surface area contributed by atoms with Gasteiger partial charge < -0.3 is 51.8 Å². The zero-order valence-corrected chi connectivity index (χ0v) is 55.8. The van der Waals surface area contributed by atoms with Crippen LogP contribution in [0.3, 0.4) is 0 Å². The van der Waals surface area contributed by atoms with Crippen molar-refractivity contribution in [2.24, 2.45) is 35.5 Å². The maximum absolute atomic E-state index is 14.3. The van der Waals surface area contributed by atoms with E-state index in [0.29, 0.717) is 131 Å². The first-order chi connectivity index (χ1) is 44.1. The molecule has 1 unspecified atom stereocenters. The van der Waals surface area contributed by atoms with Gasteiger partial charge in [-0.3, -0.25) is 9.45 Å². The van der Waals surface area contributed by atoms with Gasteiger partial charge in [-0.25, -0.2) is 17.7 Å². The number of hydrogen-bond donors (Lipinski definition) is 2. The molecular formula is C70H100N3O16S2+. The monoisotopic (exact) mass is 1300 g/mol. The Labute approximate surface area is 539 Å². The Kier molecular flexibility index (Phi) is 23.5. The molecule has 1 atom stereocenters. The zero-order valence-electron chi connectivity index (χ0n) is 54.2. The van der Waals surface area contributed by atoms with E-state index >= 15 is 0 Å². The summed E-state index contributed by atoms with van der Waals surface area (Å²) in [5.74, 6) is 7.13. The summed E-state index contributed by atoms with van der Waals surface area (Å²) in [6, 6.07) is 14.8. The molecule has 0 saturated heterocycles. The lowest BCUT2D eigenvalue weighted by Crippen LogP contribution is -2.52. The predicted molar refractivity (Wildman–Crippen MR) is 346 cm³/mol. The Morgan fingerprint density at radius 3 is 1.46 bits per heavy atom. The van der Waals surface area contributed by atoms with Crippen LogP contribution in [0.15, 0.2) is 74.9 Å². The molecule has 19 nitrogen and oxygen atoms in total. The summed E-state index contributed by atoms with van der Waals surface area (Å²) >= 11 is 0. The van der Waals surface area contributed by atoms with Gasteiger partial charge in [0.1, 0.15) is 54.2 Å². The van der Waals surface area contributed by atoms with Gasteiger partial charge in [0.05, 0.1) is 115 Å². The van der Waals surface area contributed by atoms with Gasteiger partial charge >= 0.3 is 0 Å². The number of ether oxygens (including phenoxy) is 10. The Bertz CT molecular complexity index is 3180. The SMILES string of the molecule is CCN(CC)C1C=Cc2c(oc3cc(=[N+](CC)CC)ccc-3c2-c2ccc(S(=O)(=O)NCc3cc(OCCOCCOCCOCCOC45CC6CC(CC(C6)C4)C5)cc(OCCOCCOCCOCCOC45CC6CC(CC(C6)C4)C5)c3)cc2S(=O)(=O)O)C1. The molecule has 1 aliphatic heterocycles. The molecule has 1 heterocycles. The summed E-state index contributed by atoms with van der Waals surface area (Å²) in [5, 5.41) is 0.939. The van der Waals surface area contributed by atoms with E-state index in [9.17, 15) is 21.4 Å². The first-order valence-electron chi connectivity index (χ1n) is 34.0. The first-order valence-corrected chi connectivity index (χ1v) is 36.9. The summed E-state index contributed by atoms with van der Waals surface area (Å²) in [6.07, 6.45) is 20.2. The number of fused-ring (bicyclic) bond motifs is 2. The van der Waals surface area contributed by atoms with E-state index in [1.165, 1.54) is 89.2 Å². The first kappa shape index (κ1) is 68.1. The summed E-state index contributed by atoms with van der Waals surface area (Å²) in [5.41, 5.74) is 2.59. The van der Waals surface area contributed by atoms with E-state index in [1.54, 1.807) is 18.2 Å². The lowest BCUT2D eigenvalue weighted by Gasteiger charge is -2.56. The number of sulfonamides is 1. The second-order valence-electron chi connectivity index (χ2n) is 26.6. The smallest absolute Gasteiger partial charge is 0.295 e. The maximum atomic E-state index is 14.3. The minimum Gasteiger partial charge on any atom is -0.491 e. The summed E-state index contributed by atoms with van der Waals surface area (Å²) < 4.78 is 138. The second kappa shape index (κ2) is 31.5. The van der Waals surface area contributed by atoms with Crippen LogP contribution in [0.4, 0.5) is 0 Å². The molecule has 21 heteroatoms. The standard InChI is InChI=1S/C70H99N3O16S2/c1-5-72(6-2)57-9-12-62-65(39-57)89-66-40-58(73(7-3)8-4)10-13-63(66)68(62)64-14-11-61(42-67(64)91(76,77)78)90(74,75)71-49-56-37-59(85-27-23-81-19-15-79-17-21-83-25-29-87-69-43-50-31-51(44-69)33-52(32-50)45-69)41-60(38-56)86-28-24-82-20-16-80-18-22-84-26-30-88-70-46-53-34-54(47-70)36-55(35-53)48-70/h9-14,37-39,41-42,50-55,58,71H,5-8,15-36,40,43-49H2,1-4H3/p+1. The van der Waals surface area contributed by atoms with Gasteiger partial charge in [-0.1, -0.05) is 32.1 Å². The molecule has 8 bridgehead atoms. The van der Waals surface area contributed by atoms with Crippen LogP contribution in [0.25, 0.3) is 28.5 Å². The Morgan fingerprint density at radius 2 is 1.01 bits per heavy atom. The number of benzene rings is 3. The van der Waals surface area contributed by atoms with Gasteiger partial charge in [-0.2, -0.15) is 8.42 Å². The average molecular weight is 1300 g/mol. The molecule has 2 aromatic carbocycles. The molecule has 0 aromatic heterocycles. The lowest BCUT2D eigenvalue weighted by molar-refractivity contribution is -0.169. The van der Waals surface area contributed by atoms with Crippen molar-refractivity contribution in [3.63, 3.8) is 0 Å². The summed E-state index contributed by atoms with van der Waals surface area (Å²) in [7, 11) is -9.41. The molecule has 11 aliphatic rings. The van der Waals surface area contributed by atoms with Crippen molar-refractivity contribution in [1.82, 2.24) is 14.2 Å². The van der Waals surface area contributed by atoms with E-state index in [4.69, 9.17) is 51.8 Å². The fraction of sp³-hybridized carbons (Fsp3) is 0.671. The quantitative estimate of drug-likeness (QED) is 0.0242. The average Bonchev–Trinajstić information content (AvgIpc) is 0.799. The minimum absolute atomic E-state index is 0.0390. The molecule has 8 fully saturated rings. The normalized spacial score (nSPS) is 25.5. The second-order valence-corrected chi connectivity index (χ2v) is 29.7. The summed E-state index contributed by atoms with van der Waals surface area (Å²) in [6.45, 7) is 17.9. The molecule has 10 aliphatic carbocycles. The molecule has 2 N–H and O–H groups in total. The van der Waals surface area contributed by atoms with Gasteiger partial charge in [0.2, 0.25) is 15.4 Å². The highest BCUT2D eigenvalue weighted by atomic mass is 32.2. The van der Waals surface area contributed by atoms with Crippen LogP contribution in [-0.2, 0) is 71.0 Å². The van der Waals surface area contributed by atoms with Crippen molar-refractivity contribution < 1.29 is 73.2 Å². The fourth-order valence-electron chi connectivity index (χ4n) is 16.9. The van der Waals surface area contributed by atoms with E-state index in [0.717, 1.165) is 73.1 Å². The summed E-state index contributed by atoms with van der Waals surface area (Å²) in [4.78, 5) is 1.40. The van der Waals surface area contributed by atoms with Crippen molar-refractivity contribution in [3.8, 4) is 33.9 Å². The Hall–Kier alpha value is -4.33. The zero-order chi connectivity index (χ0) is 63.4. The van der Waals surface area contributed by atoms with Crippen molar-refractivity contribution in [3.05, 3.63) is 82.9 Å². The predicted octanol–water partition coefficient (Wildman–Crippen LogP) is 9.70. The lowest BCUT2D eigenvalue weighted by atomic mass is 9.54. The third-order valence-corrected chi connectivity index (χ3v) is 22.6.